The number of carbonyl (C=O) groups is 1. The first-order valence-electron chi connectivity index (χ1n) is 4.69. The summed E-state index contributed by atoms with van der Waals surface area (Å²) in [5.41, 5.74) is -1.31. The van der Waals surface area contributed by atoms with E-state index in [9.17, 15) is 14.9 Å². The van der Waals surface area contributed by atoms with Gasteiger partial charge in [0, 0.05) is 10.7 Å². The molecule has 0 aliphatic carbocycles. The summed E-state index contributed by atoms with van der Waals surface area (Å²) in [5, 5.41) is 23.4. The van der Waals surface area contributed by atoms with Crippen LogP contribution in [0, 0.1) is 10.1 Å². The summed E-state index contributed by atoms with van der Waals surface area (Å²) in [6, 6.07) is 1.51. The summed E-state index contributed by atoms with van der Waals surface area (Å²) in [6.07, 6.45) is 2.36. The van der Waals surface area contributed by atoms with Gasteiger partial charge in [0.15, 0.2) is 5.82 Å². The minimum atomic E-state index is -1.50. The summed E-state index contributed by atoms with van der Waals surface area (Å²) in [7, 11) is 0. The maximum absolute atomic E-state index is 10.9. The molecule has 0 aliphatic rings. The molecule has 0 saturated carbocycles. The zero-order chi connectivity index (χ0) is 14.2. The normalized spacial score (nSPS) is 10.4. The highest BCUT2D eigenvalue weighted by molar-refractivity contribution is 9.10. The van der Waals surface area contributed by atoms with Crippen LogP contribution >= 0.6 is 27.5 Å². The number of pyridine rings is 1. The van der Waals surface area contributed by atoms with Gasteiger partial charge in [-0.1, -0.05) is 11.6 Å². The van der Waals surface area contributed by atoms with Crippen molar-refractivity contribution in [2.24, 2.45) is 0 Å². The molecule has 0 radical (unpaired) electrons. The first kappa shape index (κ1) is 13.4. The molecular weight excluding hydrogens is 343 g/mol. The quantitative estimate of drug-likeness (QED) is 0.673. The Kier molecular flexibility index (Phi) is 3.49. The SMILES string of the molecule is O=C(O)c1nn(-c2ncc(Br)cc2Cl)cc1[N+](=O)[O-]. The zero-order valence-electron chi connectivity index (χ0n) is 8.95. The molecule has 19 heavy (non-hydrogen) atoms. The van der Waals surface area contributed by atoms with Crippen molar-refractivity contribution in [2.75, 3.05) is 0 Å². The van der Waals surface area contributed by atoms with Crippen molar-refractivity contribution in [3.63, 3.8) is 0 Å². The summed E-state index contributed by atoms with van der Waals surface area (Å²) < 4.78 is 1.57. The second-order valence-corrected chi connectivity index (χ2v) is 4.65. The Balaban J connectivity index is 2.60. The topological polar surface area (TPSA) is 111 Å². The molecular formula is C9H4BrClN4O4. The molecule has 0 spiro atoms. The summed E-state index contributed by atoms with van der Waals surface area (Å²) >= 11 is 9.07. The van der Waals surface area contributed by atoms with E-state index in [2.05, 4.69) is 26.0 Å². The van der Waals surface area contributed by atoms with Crippen LogP contribution in [0.25, 0.3) is 5.82 Å². The van der Waals surface area contributed by atoms with E-state index in [1.54, 1.807) is 0 Å². The van der Waals surface area contributed by atoms with E-state index >= 15 is 0 Å². The van der Waals surface area contributed by atoms with Gasteiger partial charge in [-0.15, -0.1) is 0 Å². The highest BCUT2D eigenvalue weighted by Crippen LogP contribution is 2.25. The molecule has 0 bridgehead atoms. The number of nitro groups is 1. The maximum Gasteiger partial charge on any atom is 0.363 e. The fourth-order valence-corrected chi connectivity index (χ4v) is 2.05. The third-order valence-corrected chi connectivity index (χ3v) is 2.81. The van der Waals surface area contributed by atoms with Crippen LogP contribution in [0.15, 0.2) is 22.9 Å². The number of aromatic carboxylic acids is 1. The molecule has 0 aliphatic heterocycles. The zero-order valence-corrected chi connectivity index (χ0v) is 11.3. The van der Waals surface area contributed by atoms with E-state index in [0.29, 0.717) is 4.47 Å². The molecule has 98 valence electrons. The van der Waals surface area contributed by atoms with Gasteiger partial charge in [-0.05, 0) is 22.0 Å². The van der Waals surface area contributed by atoms with E-state index in [-0.39, 0.29) is 10.8 Å². The predicted molar refractivity (Wildman–Crippen MR) is 67.7 cm³/mol. The van der Waals surface area contributed by atoms with E-state index in [1.165, 1.54) is 12.3 Å². The second kappa shape index (κ2) is 4.94. The number of carboxylic acids is 1. The Morgan fingerprint density at radius 2 is 2.26 bits per heavy atom. The second-order valence-electron chi connectivity index (χ2n) is 3.33. The van der Waals surface area contributed by atoms with Gasteiger partial charge >= 0.3 is 11.7 Å². The third kappa shape index (κ3) is 2.56. The molecule has 0 saturated heterocycles. The van der Waals surface area contributed by atoms with Crippen LogP contribution in [0.1, 0.15) is 10.5 Å². The molecule has 2 aromatic heterocycles. The van der Waals surface area contributed by atoms with Gasteiger partial charge in [0.1, 0.15) is 6.20 Å². The fourth-order valence-electron chi connectivity index (χ4n) is 1.34. The molecule has 1 N–H and O–H groups in total. The minimum absolute atomic E-state index is 0.0977. The van der Waals surface area contributed by atoms with Gasteiger partial charge in [0.2, 0.25) is 5.69 Å². The molecule has 2 heterocycles. The van der Waals surface area contributed by atoms with Gasteiger partial charge in [0.05, 0.1) is 9.95 Å². The average Bonchev–Trinajstić information content (AvgIpc) is 2.73. The lowest BCUT2D eigenvalue weighted by Crippen LogP contribution is -2.04. The van der Waals surface area contributed by atoms with Crippen LogP contribution in [0.4, 0.5) is 5.69 Å². The lowest BCUT2D eigenvalue weighted by molar-refractivity contribution is -0.385. The lowest BCUT2D eigenvalue weighted by Gasteiger charge is -2.02. The Hall–Kier alpha value is -2.00. The van der Waals surface area contributed by atoms with E-state index in [0.717, 1.165) is 10.9 Å². The van der Waals surface area contributed by atoms with Gasteiger partial charge in [0.25, 0.3) is 0 Å². The number of rotatable bonds is 3. The number of aromatic nitrogens is 3. The van der Waals surface area contributed by atoms with E-state index in [1.807, 2.05) is 0 Å². The molecule has 0 unspecified atom stereocenters. The Bertz CT molecular complexity index is 655. The van der Waals surface area contributed by atoms with Crippen LogP contribution in [-0.2, 0) is 0 Å². The van der Waals surface area contributed by atoms with Crippen molar-refractivity contribution in [3.05, 3.63) is 43.8 Å². The van der Waals surface area contributed by atoms with Crippen molar-refractivity contribution in [1.82, 2.24) is 14.8 Å². The Labute approximate surface area is 118 Å². The standard InChI is InChI=1S/C9H4BrClN4O4/c10-4-1-5(11)8(12-2-4)14-3-6(15(18)19)7(13-14)9(16)17/h1-3H,(H,16,17). The maximum atomic E-state index is 10.9. The minimum Gasteiger partial charge on any atom is -0.476 e. The summed E-state index contributed by atoms with van der Waals surface area (Å²) in [4.78, 5) is 24.7. The van der Waals surface area contributed by atoms with Crippen molar-refractivity contribution in [2.45, 2.75) is 0 Å². The number of hydrogen-bond donors (Lipinski definition) is 1. The molecule has 0 amide bonds. The molecule has 10 heteroatoms. The van der Waals surface area contributed by atoms with Crippen molar-refractivity contribution in [3.8, 4) is 5.82 Å². The van der Waals surface area contributed by atoms with E-state index < -0.39 is 22.3 Å². The van der Waals surface area contributed by atoms with Crippen molar-refractivity contribution >= 4 is 39.2 Å². The molecule has 0 aromatic carbocycles. The number of hydrogen-bond acceptors (Lipinski definition) is 5. The Morgan fingerprint density at radius 1 is 1.58 bits per heavy atom. The third-order valence-electron chi connectivity index (χ3n) is 2.10. The highest BCUT2D eigenvalue weighted by atomic mass is 79.9. The molecule has 0 fully saturated rings. The fraction of sp³-hybridized carbons (Fsp3) is 0. The summed E-state index contributed by atoms with van der Waals surface area (Å²) in [5.74, 6) is -1.40. The molecule has 2 aromatic rings. The molecule has 0 atom stereocenters. The van der Waals surface area contributed by atoms with Crippen LogP contribution in [0.2, 0.25) is 5.02 Å². The van der Waals surface area contributed by atoms with Gasteiger partial charge < -0.3 is 5.11 Å². The van der Waals surface area contributed by atoms with Crippen LogP contribution < -0.4 is 0 Å². The van der Waals surface area contributed by atoms with Crippen LogP contribution in [0.3, 0.4) is 0 Å². The number of halogens is 2. The van der Waals surface area contributed by atoms with Crippen LogP contribution in [-0.4, -0.2) is 30.8 Å². The van der Waals surface area contributed by atoms with Gasteiger partial charge in [-0.25, -0.2) is 14.5 Å². The Morgan fingerprint density at radius 3 is 2.74 bits per heavy atom. The van der Waals surface area contributed by atoms with Crippen molar-refractivity contribution in [1.29, 1.82) is 0 Å². The van der Waals surface area contributed by atoms with Crippen LogP contribution in [0.5, 0.6) is 0 Å². The monoisotopic (exact) mass is 346 g/mol. The molecule has 8 nitrogen and oxygen atoms in total. The van der Waals surface area contributed by atoms with Gasteiger partial charge in [-0.2, -0.15) is 5.10 Å². The highest BCUT2D eigenvalue weighted by Gasteiger charge is 2.26. The predicted octanol–water partition coefficient (Wildman–Crippen LogP) is 2.29. The van der Waals surface area contributed by atoms with Gasteiger partial charge in [-0.3, -0.25) is 10.1 Å². The number of carboxylic acid groups (broad SMARTS) is 1. The molecule has 2 rings (SSSR count). The van der Waals surface area contributed by atoms with E-state index in [4.69, 9.17) is 16.7 Å². The first-order valence-corrected chi connectivity index (χ1v) is 5.86. The smallest absolute Gasteiger partial charge is 0.363 e. The number of nitrogens with zero attached hydrogens (tertiary/aromatic N) is 4. The van der Waals surface area contributed by atoms with Crippen molar-refractivity contribution < 1.29 is 14.8 Å². The lowest BCUT2D eigenvalue weighted by atomic mass is 10.4. The average molecular weight is 348 g/mol. The first-order chi connectivity index (χ1) is 8.90. The summed E-state index contributed by atoms with van der Waals surface area (Å²) in [6.45, 7) is 0. The largest absolute Gasteiger partial charge is 0.476 e.